The van der Waals surface area contributed by atoms with Gasteiger partial charge in [-0.15, -0.1) is 11.3 Å². The summed E-state index contributed by atoms with van der Waals surface area (Å²) in [6, 6.07) is 15.3. The zero-order valence-corrected chi connectivity index (χ0v) is 21.4. The van der Waals surface area contributed by atoms with Crippen molar-refractivity contribution in [1.29, 1.82) is 0 Å². The number of hydrogen-bond acceptors (Lipinski definition) is 5. The van der Waals surface area contributed by atoms with Crippen LogP contribution in [0.2, 0.25) is 0 Å². The Hall–Kier alpha value is -3.23. The molecule has 190 valence electrons. The molecule has 0 saturated carbocycles. The maximum absolute atomic E-state index is 14.2. The van der Waals surface area contributed by atoms with Gasteiger partial charge in [0.2, 0.25) is 5.91 Å². The van der Waals surface area contributed by atoms with Crippen molar-refractivity contribution in [3.8, 4) is 5.75 Å². The molecule has 1 aliphatic heterocycles. The van der Waals surface area contributed by atoms with Gasteiger partial charge in [-0.05, 0) is 61.0 Å². The lowest BCUT2D eigenvalue weighted by Gasteiger charge is -2.37. The van der Waals surface area contributed by atoms with Crippen molar-refractivity contribution in [2.24, 2.45) is 0 Å². The zero-order chi connectivity index (χ0) is 25.5. The van der Waals surface area contributed by atoms with Gasteiger partial charge >= 0.3 is 0 Å². The normalized spacial score (nSPS) is 14.9. The molecule has 0 fully saturated rings. The van der Waals surface area contributed by atoms with E-state index in [9.17, 15) is 14.0 Å². The van der Waals surface area contributed by atoms with E-state index in [1.807, 2.05) is 30.5 Å². The molecule has 0 radical (unpaired) electrons. The Morgan fingerprint density at radius 3 is 2.67 bits per heavy atom. The van der Waals surface area contributed by atoms with Gasteiger partial charge in [-0.25, -0.2) is 4.39 Å². The van der Waals surface area contributed by atoms with E-state index in [-0.39, 0.29) is 36.8 Å². The van der Waals surface area contributed by atoms with Crippen molar-refractivity contribution in [1.82, 2.24) is 9.80 Å². The Morgan fingerprint density at radius 1 is 1.14 bits per heavy atom. The molecule has 0 spiro atoms. The maximum Gasteiger partial charge on any atom is 0.254 e. The van der Waals surface area contributed by atoms with Gasteiger partial charge in [0, 0.05) is 37.2 Å². The number of hydrogen-bond donors (Lipinski definition) is 0. The number of benzene rings is 2. The zero-order valence-electron chi connectivity index (χ0n) is 20.6. The van der Waals surface area contributed by atoms with E-state index in [0.717, 1.165) is 17.5 Å². The lowest BCUT2D eigenvalue weighted by Crippen LogP contribution is -2.48. The molecule has 1 aromatic heterocycles. The molecule has 0 aliphatic carbocycles. The van der Waals surface area contributed by atoms with Gasteiger partial charge in [0.05, 0.1) is 6.04 Å². The van der Waals surface area contributed by atoms with E-state index >= 15 is 0 Å². The van der Waals surface area contributed by atoms with E-state index in [4.69, 9.17) is 9.47 Å². The third-order valence-electron chi connectivity index (χ3n) is 6.34. The first-order valence-electron chi connectivity index (χ1n) is 12.1. The van der Waals surface area contributed by atoms with Crippen LogP contribution in [0.3, 0.4) is 0 Å². The molecule has 1 unspecified atom stereocenters. The lowest BCUT2D eigenvalue weighted by molar-refractivity contribution is -0.135. The Labute approximate surface area is 215 Å². The minimum atomic E-state index is -0.440. The lowest BCUT2D eigenvalue weighted by atomic mass is 10.00. The number of ether oxygens (including phenoxy) is 2. The fourth-order valence-electron chi connectivity index (χ4n) is 4.39. The number of carbonyl (C=O) groups is 2. The minimum absolute atomic E-state index is 0.0495. The number of methoxy groups -OCH3 is 1. The van der Waals surface area contributed by atoms with Crippen LogP contribution in [-0.2, 0) is 16.0 Å². The Balaban J connectivity index is 1.52. The van der Waals surface area contributed by atoms with Gasteiger partial charge in [0.25, 0.3) is 5.91 Å². The molecule has 6 nitrogen and oxygen atoms in total. The first-order valence-corrected chi connectivity index (χ1v) is 12.9. The molecule has 3 aromatic rings. The third kappa shape index (κ3) is 6.12. The van der Waals surface area contributed by atoms with E-state index in [1.165, 1.54) is 10.9 Å². The second kappa shape index (κ2) is 12.1. The second-order valence-electron chi connectivity index (χ2n) is 8.83. The number of para-hydroxylation sites is 1. The predicted molar refractivity (Wildman–Crippen MR) is 138 cm³/mol. The minimum Gasteiger partial charge on any atom is -0.488 e. The van der Waals surface area contributed by atoms with Crippen LogP contribution in [-0.4, -0.2) is 61.6 Å². The highest BCUT2D eigenvalue weighted by Gasteiger charge is 2.33. The summed E-state index contributed by atoms with van der Waals surface area (Å²) in [5, 5.41) is 2.01. The summed E-state index contributed by atoms with van der Waals surface area (Å²) >= 11 is 1.65. The molecular weight excluding hydrogens is 479 g/mol. The topological polar surface area (TPSA) is 59.1 Å². The van der Waals surface area contributed by atoms with Crippen LogP contribution in [0.25, 0.3) is 0 Å². The summed E-state index contributed by atoms with van der Waals surface area (Å²) < 4.78 is 25.2. The van der Waals surface area contributed by atoms with Gasteiger partial charge in [-0.3, -0.25) is 9.59 Å². The van der Waals surface area contributed by atoms with Crippen LogP contribution in [0.4, 0.5) is 4.39 Å². The molecule has 2 aromatic carbocycles. The summed E-state index contributed by atoms with van der Waals surface area (Å²) in [5.41, 5.74) is 2.63. The van der Waals surface area contributed by atoms with Gasteiger partial charge < -0.3 is 19.3 Å². The standard InChI is InChI=1S/C28H31FN2O4S/c1-20-8-10-21(11-9-20)28(33)30(14-5-16-34-2)18-27(32)31-15-12-26-22(13-17-36-26)24(31)19-35-25-7-4-3-6-23(25)29/h3-4,6-11,13,17,24H,5,12,14-16,18-19H2,1-2H3. The Bertz CT molecular complexity index is 1180. The first kappa shape index (κ1) is 25.9. The monoisotopic (exact) mass is 510 g/mol. The van der Waals surface area contributed by atoms with Gasteiger partial charge in [0.1, 0.15) is 13.2 Å². The highest BCUT2D eigenvalue weighted by Crippen LogP contribution is 2.34. The number of fused-ring (bicyclic) bond motifs is 1. The number of aryl methyl sites for hydroxylation is 1. The molecule has 4 rings (SSSR count). The van der Waals surface area contributed by atoms with E-state index in [1.54, 1.807) is 58.6 Å². The number of amides is 2. The van der Waals surface area contributed by atoms with Crippen molar-refractivity contribution < 1.29 is 23.5 Å². The molecule has 36 heavy (non-hydrogen) atoms. The predicted octanol–water partition coefficient (Wildman–Crippen LogP) is 4.88. The Kier molecular flexibility index (Phi) is 8.72. The van der Waals surface area contributed by atoms with Crippen LogP contribution >= 0.6 is 11.3 Å². The molecular formula is C28H31FN2O4S. The van der Waals surface area contributed by atoms with E-state index in [2.05, 4.69) is 0 Å². The van der Waals surface area contributed by atoms with E-state index < -0.39 is 5.82 Å². The summed E-state index contributed by atoms with van der Waals surface area (Å²) in [5.74, 6) is -0.633. The van der Waals surface area contributed by atoms with Crippen LogP contribution in [0.15, 0.2) is 60.0 Å². The van der Waals surface area contributed by atoms with Crippen molar-refractivity contribution in [2.75, 3.05) is 40.0 Å². The molecule has 8 heteroatoms. The third-order valence-corrected chi connectivity index (χ3v) is 7.33. The molecule has 1 aliphatic rings. The largest absolute Gasteiger partial charge is 0.488 e. The van der Waals surface area contributed by atoms with Crippen molar-refractivity contribution in [3.05, 3.63) is 87.4 Å². The number of rotatable bonds is 10. The molecule has 0 bridgehead atoms. The summed E-state index contributed by atoms with van der Waals surface area (Å²) in [6.07, 6.45) is 1.36. The summed E-state index contributed by atoms with van der Waals surface area (Å²) in [7, 11) is 1.61. The van der Waals surface area contributed by atoms with Crippen molar-refractivity contribution in [2.45, 2.75) is 25.8 Å². The first-order chi connectivity index (χ1) is 17.5. The molecule has 1 atom stereocenters. The fourth-order valence-corrected chi connectivity index (χ4v) is 5.32. The SMILES string of the molecule is COCCCN(CC(=O)N1CCc2sccc2C1COc1ccccc1F)C(=O)c1ccc(C)cc1. The van der Waals surface area contributed by atoms with Crippen LogP contribution in [0.5, 0.6) is 5.75 Å². The Morgan fingerprint density at radius 2 is 1.92 bits per heavy atom. The van der Waals surface area contributed by atoms with Crippen LogP contribution in [0, 0.1) is 12.7 Å². The summed E-state index contributed by atoms with van der Waals surface area (Å²) in [6.45, 7) is 3.46. The van der Waals surface area contributed by atoms with Crippen LogP contribution in [0.1, 0.15) is 38.8 Å². The number of carbonyl (C=O) groups excluding carboxylic acids is 2. The molecule has 0 N–H and O–H groups in total. The van der Waals surface area contributed by atoms with Gasteiger partial charge in [0.15, 0.2) is 11.6 Å². The van der Waals surface area contributed by atoms with Gasteiger partial charge in [-0.2, -0.15) is 0 Å². The molecule has 2 heterocycles. The van der Waals surface area contributed by atoms with Crippen LogP contribution < -0.4 is 4.74 Å². The fraction of sp³-hybridized carbons (Fsp3) is 0.357. The quantitative estimate of drug-likeness (QED) is 0.365. The van der Waals surface area contributed by atoms with E-state index in [0.29, 0.717) is 31.7 Å². The highest BCUT2D eigenvalue weighted by molar-refractivity contribution is 7.10. The number of halogens is 1. The average molecular weight is 511 g/mol. The van der Waals surface area contributed by atoms with Crippen molar-refractivity contribution >= 4 is 23.2 Å². The number of thiophene rings is 1. The molecule has 0 saturated heterocycles. The second-order valence-corrected chi connectivity index (χ2v) is 9.83. The van der Waals surface area contributed by atoms with Crippen molar-refractivity contribution in [3.63, 3.8) is 0 Å². The van der Waals surface area contributed by atoms with Gasteiger partial charge in [-0.1, -0.05) is 29.8 Å². The number of nitrogens with zero attached hydrogens (tertiary/aromatic N) is 2. The maximum atomic E-state index is 14.2. The molecule has 2 amide bonds. The highest BCUT2D eigenvalue weighted by atomic mass is 32.1. The summed E-state index contributed by atoms with van der Waals surface area (Å²) in [4.78, 5) is 31.5. The average Bonchev–Trinajstić information content (AvgIpc) is 3.37. The smallest absolute Gasteiger partial charge is 0.254 e.